The molecule has 2 rings (SSSR count). The second-order valence-corrected chi connectivity index (χ2v) is 4.34. The molecule has 0 aliphatic rings. The van der Waals surface area contributed by atoms with Gasteiger partial charge in [0.2, 0.25) is 0 Å². The van der Waals surface area contributed by atoms with Gasteiger partial charge in [0, 0.05) is 25.4 Å². The fraction of sp³-hybridized carbons (Fsp3) is 0.286. The third-order valence-corrected chi connectivity index (χ3v) is 2.89. The number of carboxylic acid groups (broad SMARTS) is 1. The van der Waals surface area contributed by atoms with Crippen LogP contribution in [0.2, 0.25) is 0 Å². The van der Waals surface area contributed by atoms with E-state index in [1.54, 1.807) is 12.3 Å². The van der Waals surface area contributed by atoms with Gasteiger partial charge in [0.25, 0.3) is 0 Å². The number of aryl methyl sites for hydroxylation is 1. The van der Waals surface area contributed by atoms with Crippen molar-refractivity contribution >= 4 is 5.97 Å². The zero-order valence-electron chi connectivity index (χ0n) is 10.6. The van der Waals surface area contributed by atoms with Crippen molar-refractivity contribution in [1.82, 2.24) is 9.55 Å². The summed E-state index contributed by atoms with van der Waals surface area (Å²) in [6.45, 7) is 2.56. The first kappa shape index (κ1) is 13.3. The van der Waals surface area contributed by atoms with Crippen molar-refractivity contribution in [3.63, 3.8) is 0 Å². The number of nitrogens with zero attached hydrogens (tertiary/aromatic N) is 2. The molecule has 0 saturated heterocycles. The van der Waals surface area contributed by atoms with E-state index in [9.17, 15) is 9.18 Å². The van der Waals surface area contributed by atoms with Crippen LogP contribution in [-0.4, -0.2) is 20.6 Å². The first-order chi connectivity index (χ1) is 9.11. The molecule has 2 aromatic rings. The van der Waals surface area contributed by atoms with Crippen LogP contribution in [0.25, 0.3) is 0 Å². The molecule has 19 heavy (non-hydrogen) atoms. The Morgan fingerprint density at radius 1 is 1.47 bits per heavy atom. The van der Waals surface area contributed by atoms with E-state index in [-0.39, 0.29) is 5.56 Å². The molecular formula is C14H15FN2O2. The molecule has 0 fully saturated rings. The highest BCUT2D eigenvalue weighted by Crippen LogP contribution is 2.13. The molecule has 0 aliphatic carbocycles. The topological polar surface area (TPSA) is 55.1 Å². The summed E-state index contributed by atoms with van der Waals surface area (Å²) in [5.41, 5.74) is 0.418. The van der Waals surface area contributed by atoms with Gasteiger partial charge in [0.1, 0.15) is 11.6 Å². The molecule has 0 unspecified atom stereocenters. The lowest BCUT2D eigenvalue weighted by Gasteiger charge is -2.08. The van der Waals surface area contributed by atoms with E-state index in [2.05, 4.69) is 11.9 Å². The van der Waals surface area contributed by atoms with Gasteiger partial charge < -0.3 is 9.67 Å². The summed E-state index contributed by atoms with van der Waals surface area (Å²) < 4.78 is 15.5. The molecule has 0 amide bonds. The van der Waals surface area contributed by atoms with Crippen LogP contribution in [-0.2, 0) is 13.0 Å². The Labute approximate surface area is 110 Å². The third kappa shape index (κ3) is 2.99. The molecule has 0 radical (unpaired) electrons. The molecule has 1 N–H and O–H groups in total. The fourth-order valence-electron chi connectivity index (χ4n) is 1.96. The Bertz CT molecular complexity index is 593. The van der Waals surface area contributed by atoms with Crippen molar-refractivity contribution < 1.29 is 14.3 Å². The molecule has 100 valence electrons. The highest BCUT2D eigenvalue weighted by molar-refractivity contribution is 5.87. The Kier molecular flexibility index (Phi) is 3.94. The lowest BCUT2D eigenvalue weighted by atomic mass is 10.1. The van der Waals surface area contributed by atoms with Crippen LogP contribution in [0.1, 0.15) is 35.1 Å². The predicted molar refractivity (Wildman–Crippen MR) is 68.7 cm³/mol. The number of halogens is 1. The minimum absolute atomic E-state index is 0.303. The summed E-state index contributed by atoms with van der Waals surface area (Å²) in [6, 6.07) is 4.19. The SMILES string of the molecule is CCCc1nccn1Cc1ccc(C(=O)O)c(F)c1. The van der Waals surface area contributed by atoms with Crippen LogP contribution in [0, 0.1) is 5.82 Å². The van der Waals surface area contributed by atoms with E-state index >= 15 is 0 Å². The first-order valence-corrected chi connectivity index (χ1v) is 6.13. The Balaban J connectivity index is 2.21. The van der Waals surface area contributed by atoms with Crippen molar-refractivity contribution in [1.29, 1.82) is 0 Å². The number of rotatable bonds is 5. The van der Waals surface area contributed by atoms with Crippen LogP contribution in [0.5, 0.6) is 0 Å². The number of imidazole rings is 1. The second kappa shape index (κ2) is 5.65. The smallest absolute Gasteiger partial charge is 0.338 e. The minimum atomic E-state index is -1.25. The lowest BCUT2D eigenvalue weighted by Crippen LogP contribution is -2.06. The van der Waals surface area contributed by atoms with Crippen molar-refractivity contribution in [2.75, 3.05) is 0 Å². The van der Waals surface area contributed by atoms with Gasteiger partial charge in [-0.2, -0.15) is 0 Å². The fourth-order valence-corrected chi connectivity index (χ4v) is 1.96. The highest BCUT2D eigenvalue weighted by Gasteiger charge is 2.11. The Morgan fingerprint density at radius 3 is 2.89 bits per heavy atom. The van der Waals surface area contributed by atoms with Crippen LogP contribution in [0.3, 0.4) is 0 Å². The molecule has 1 aromatic heterocycles. The summed E-state index contributed by atoms with van der Waals surface area (Å²) in [4.78, 5) is 15.0. The van der Waals surface area contributed by atoms with Crippen LogP contribution in [0.15, 0.2) is 30.6 Å². The predicted octanol–water partition coefficient (Wildman–Crippen LogP) is 2.72. The van der Waals surface area contributed by atoms with Crippen LogP contribution < -0.4 is 0 Å². The molecule has 0 saturated carbocycles. The summed E-state index contributed by atoms with van der Waals surface area (Å²) >= 11 is 0. The molecule has 1 heterocycles. The maximum Gasteiger partial charge on any atom is 0.338 e. The normalized spacial score (nSPS) is 10.6. The molecule has 5 heteroatoms. The quantitative estimate of drug-likeness (QED) is 0.901. The molecule has 0 aliphatic heterocycles. The lowest BCUT2D eigenvalue weighted by molar-refractivity contribution is 0.0692. The van der Waals surface area contributed by atoms with Gasteiger partial charge in [0.15, 0.2) is 0 Å². The summed E-state index contributed by atoms with van der Waals surface area (Å²) in [5, 5.41) is 8.77. The number of hydrogen-bond donors (Lipinski definition) is 1. The van der Waals surface area contributed by atoms with Gasteiger partial charge in [0.05, 0.1) is 5.56 Å². The first-order valence-electron chi connectivity index (χ1n) is 6.13. The molecule has 0 spiro atoms. The van der Waals surface area contributed by atoms with E-state index in [0.29, 0.717) is 6.54 Å². The standard InChI is InChI=1S/C14H15FN2O2/c1-2-3-13-16-6-7-17(13)9-10-4-5-11(14(18)19)12(15)8-10/h4-8H,2-3,9H2,1H3,(H,18,19). The van der Waals surface area contributed by atoms with Gasteiger partial charge >= 0.3 is 5.97 Å². The average molecular weight is 262 g/mol. The van der Waals surface area contributed by atoms with Gasteiger partial charge in [-0.15, -0.1) is 0 Å². The largest absolute Gasteiger partial charge is 0.478 e. The molecule has 0 atom stereocenters. The highest BCUT2D eigenvalue weighted by atomic mass is 19.1. The van der Waals surface area contributed by atoms with E-state index in [4.69, 9.17) is 5.11 Å². The maximum absolute atomic E-state index is 13.6. The molecule has 0 bridgehead atoms. The van der Waals surface area contributed by atoms with E-state index in [1.807, 2.05) is 10.8 Å². The number of aromatic nitrogens is 2. The minimum Gasteiger partial charge on any atom is -0.478 e. The van der Waals surface area contributed by atoms with E-state index in [0.717, 1.165) is 24.2 Å². The number of carbonyl (C=O) groups is 1. The van der Waals surface area contributed by atoms with Gasteiger partial charge in [-0.25, -0.2) is 14.2 Å². The number of hydrogen-bond acceptors (Lipinski definition) is 2. The molecular weight excluding hydrogens is 247 g/mol. The zero-order chi connectivity index (χ0) is 13.8. The van der Waals surface area contributed by atoms with Crippen molar-refractivity contribution in [2.45, 2.75) is 26.3 Å². The van der Waals surface area contributed by atoms with Gasteiger partial charge in [-0.1, -0.05) is 13.0 Å². The summed E-state index contributed by atoms with van der Waals surface area (Å²) in [7, 11) is 0. The van der Waals surface area contributed by atoms with Crippen LogP contribution in [0.4, 0.5) is 4.39 Å². The Morgan fingerprint density at radius 2 is 2.26 bits per heavy atom. The number of carboxylic acids is 1. The van der Waals surface area contributed by atoms with Crippen molar-refractivity contribution in [3.8, 4) is 0 Å². The molecule has 1 aromatic carbocycles. The van der Waals surface area contributed by atoms with Crippen molar-refractivity contribution in [2.24, 2.45) is 0 Å². The second-order valence-electron chi connectivity index (χ2n) is 4.34. The number of aromatic carboxylic acids is 1. The van der Waals surface area contributed by atoms with Crippen molar-refractivity contribution in [3.05, 3.63) is 53.4 Å². The van der Waals surface area contributed by atoms with Gasteiger partial charge in [-0.05, 0) is 24.1 Å². The molecule has 4 nitrogen and oxygen atoms in total. The maximum atomic E-state index is 13.6. The third-order valence-electron chi connectivity index (χ3n) is 2.89. The summed E-state index contributed by atoms with van der Waals surface area (Å²) in [5.74, 6) is -1.01. The average Bonchev–Trinajstić information content (AvgIpc) is 2.77. The van der Waals surface area contributed by atoms with Gasteiger partial charge in [-0.3, -0.25) is 0 Å². The zero-order valence-corrected chi connectivity index (χ0v) is 10.6. The van der Waals surface area contributed by atoms with E-state index < -0.39 is 11.8 Å². The monoisotopic (exact) mass is 262 g/mol. The van der Waals surface area contributed by atoms with E-state index in [1.165, 1.54) is 12.1 Å². The summed E-state index contributed by atoms with van der Waals surface area (Å²) in [6.07, 6.45) is 5.41. The Hall–Kier alpha value is -2.17. The van der Waals surface area contributed by atoms with Crippen LogP contribution >= 0.6 is 0 Å². The number of benzene rings is 1.